The van der Waals surface area contributed by atoms with Gasteiger partial charge in [-0.05, 0) is 17.9 Å². The van der Waals surface area contributed by atoms with Gasteiger partial charge in [0.25, 0.3) is 0 Å². The highest BCUT2D eigenvalue weighted by atomic mass is 16.5. The van der Waals surface area contributed by atoms with Crippen LogP contribution in [0.25, 0.3) is 0 Å². The zero-order valence-electron chi connectivity index (χ0n) is 18.7. The molecule has 6 heteroatoms. The van der Waals surface area contributed by atoms with Crippen molar-refractivity contribution in [3.8, 4) is 0 Å². The maximum Gasteiger partial charge on any atom is 0.311 e. The number of rotatable bonds is 7. The molecule has 1 aliphatic rings. The van der Waals surface area contributed by atoms with Crippen molar-refractivity contribution in [2.45, 2.75) is 53.1 Å². The number of likely N-dealkylation sites (tertiary alicyclic amines) is 1. The Hall–Kier alpha value is -2.63. The lowest BCUT2D eigenvalue weighted by Crippen LogP contribution is -2.49. The maximum atomic E-state index is 13.5. The second-order valence-corrected chi connectivity index (χ2v) is 9.01. The smallest absolute Gasteiger partial charge is 0.311 e. The van der Waals surface area contributed by atoms with Gasteiger partial charge < -0.3 is 15.0 Å². The maximum absolute atomic E-state index is 13.5. The van der Waals surface area contributed by atoms with Crippen molar-refractivity contribution in [1.29, 1.82) is 0 Å². The summed E-state index contributed by atoms with van der Waals surface area (Å²) in [4.78, 5) is 41.2. The van der Waals surface area contributed by atoms with E-state index >= 15 is 0 Å². The molecular formula is C24H34N2O4. The summed E-state index contributed by atoms with van der Waals surface area (Å²) in [5.74, 6) is -1.84. The highest BCUT2D eigenvalue weighted by Gasteiger charge is 2.55. The summed E-state index contributed by atoms with van der Waals surface area (Å²) in [5.41, 5.74) is 0.565. The summed E-state index contributed by atoms with van der Waals surface area (Å²) < 4.78 is 5.36. The van der Waals surface area contributed by atoms with Crippen molar-refractivity contribution < 1.29 is 19.1 Å². The first-order valence-electron chi connectivity index (χ1n) is 10.5. The van der Waals surface area contributed by atoms with Crippen LogP contribution in [0.2, 0.25) is 0 Å². The Labute approximate surface area is 179 Å². The standard InChI is InChI=1S/C24H34N2O4/c1-7-14-25-22(28)20-16(3)19(23(29)30-8-2)21(17-12-10-9-11-13-17)26(20)18(27)15-24(4,5)6/h7,9-13,16,19-21H,1,8,14-15H2,2-6H3,(H,25,28). The summed E-state index contributed by atoms with van der Waals surface area (Å²) in [6, 6.07) is 8.10. The SMILES string of the molecule is C=CCNC(=O)C1C(C)C(C(=O)OCC)C(c2ccccc2)N1C(=O)CC(C)(C)C. The quantitative estimate of drug-likeness (QED) is 0.547. The van der Waals surface area contributed by atoms with E-state index in [4.69, 9.17) is 4.74 Å². The molecule has 0 bridgehead atoms. The van der Waals surface area contributed by atoms with E-state index in [1.165, 1.54) is 0 Å². The topological polar surface area (TPSA) is 75.7 Å². The molecule has 1 heterocycles. The summed E-state index contributed by atoms with van der Waals surface area (Å²) in [5, 5.41) is 2.81. The second-order valence-electron chi connectivity index (χ2n) is 9.01. The van der Waals surface area contributed by atoms with Gasteiger partial charge >= 0.3 is 5.97 Å². The minimum absolute atomic E-state index is 0.145. The van der Waals surface area contributed by atoms with Crippen LogP contribution < -0.4 is 5.32 Å². The molecule has 0 saturated carbocycles. The minimum Gasteiger partial charge on any atom is -0.466 e. The number of carbonyl (C=O) groups excluding carboxylic acids is 3. The molecule has 0 spiro atoms. The van der Waals surface area contributed by atoms with Gasteiger partial charge in [0.1, 0.15) is 6.04 Å². The van der Waals surface area contributed by atoms with Gasteiger partial charge in [-0.1, -0.05) is 64.1 Å². The number of nitrogens with one attached hydrogen (secondary N) is 1. The fourth-order valence-corrected chi connectivity index (χ4v) is 4.18. The van der Waals surface area contributed by atoms with Crippen molar-refractivity contribution in [1.82, 2.24) is 10.2 Å². The van der Waals surface area contributed by atoms with Gasteiger partial charge in [-0.3, -0.25) is 14.4 Å². The van der Waals surface area contributed by atoms with E-state index < -0.39 is 23.9 Å². The lowest BCUT2D eigenvalue weighted by molar-refractivity contribution is -0.150. The molecule has 1 N–H and O–H groups in total. The number of carbonyl (C=O) groups is 3. The Morgan fingerprint density at radius 1 is 1.20 bits per heavy atom. The lowest BCUT2D eigenvalue weighted by atomic mass is 9.85. The van der Waals surface area contributed by atoms with Gasteiger partial charge in [0.05, 0.1) is 18.6 Å². The van der Waals surface area contributed by atoms with Gasteiger partial charge in [0.2, 0.25) is 11.8 Å². The number of benzene rings is 1. The van der Waals surface area contributed by atoms with Crippen molar-refractivity contribution in [3.63, 3.8) is 0 Å². The molecule has 2 rings (SSSR count). The fourth-order valence-electron chi connectivity index (χ4n) is 4.18. The molecule has 0 aliphatic carbocycles. The molecule has 1 saturated heterocycles. The Balaban J connectivity index is 2.58. The van der Waals surface area contributed by atoms with E-state index in [1.54, 1.807) is 17.9 Å². The van der Waals surface area contributed by atoms with Crippen molar-refractivity contribution in [2.75, 3.05) is 13.2 Å². The third-order valence-corrected chi connectivity index (χ3v) is 5.36. The van der Waals surface area contributed by atoms with E-state index in [1.807, 2.05) is 58.0 Å². The molecule has 1 fully saturated rings. The van der Waals surface area contributed by atoms with Crippen LogP contribution in [0.4, 0.5) is 0 Å². The molecule has 6 nitrogen and oxygen atoms in total. The monoisotopic (exact) mass is 414 g/mol. The Morgan fingerprint density at radius 3 is 2.37 bits per heavy atom. The minimum atomic E-state index is -0.764. The Bertz CT molecular complexity index is 769. The first-order valence-corrected chi connectivity index (χ1v) is 10.5. The number of hydrogen-bond donors (Lipinski definition) is 1. The number of nitrogens with zero attached hydrogens (tertiary/aromatic N) is 1. The highest BCUT2D eigenvalue weighted by Crippen LogP contribution is 2.46. The predicted molar refractivity (Wildman–Crippen MR) is 116 cm³/mol. The Morgan fingerprint density at radius 2 is 1.83 bits per heavy atom. The molecule has 0 radical (unpaired) electrons. The van der Waals surface area contributed by atoms with Crippen LogP contribution in [-0.4, -0.2) is 41.9 Å². The zero-order chi connectivity index (χ0) is 22.5. The third kappa shape index (κ3) is 5.29. The molecular weight excluding hydrogens is 380 g/mol. The number of esters is 1. The van der Waals surface area contributed by atoms with E-state index in [0.29, 0.717) is 6.54 Å². The van der Waals surface area contributed by atoms with Crippen molar-refractivity contribution >= 4 is 17.8 Å². The van der Waals surface area contributed by atoms with Gasteiger partial charge in [-0.15, -0.1) is 6.58 Å². The number of ether oxygens (including phenoxy) is 1. The first-order chi connectivity index (χ1) is 14.1. The predicted octanol–water partition coefficient (Wildman–Crippen LogP) is 3.49. The van der Waals surface area contributed by atoms with Crippen LogP contribution in [0.5, 0.6) is 0 Å². The van der Waals surface area contributed by atoms with Crippen molar-refractivity contribution in [2.24, 2.45) is 17.3 Å². The zero-order valence-corrected chi connectivity index (χ0v) is 18.7. The molecule has 4 unspecified atom stereocenters. The van der Waals surface area contributed by atoms with E-state index in [-0.39, 0.29) is 36.2 Å². The summed E-state index contributed by atoms with van der Waals surface area (Å²) in [7, 11) is 0. The summed E-state index contributed by atoms with van der Waals surface area (Å²) in [6.45, 7) is 13.7. The van der Waals surface area contributed by atoms with Gasteiger partial charge in [-0.25, -0.2) is 0 Å². The van der Waals surface area contributed by atoms with Gasteiger partial charge in [-0.2, -0.15) is 0 Å². The van der Waals surface area contributed by atoms with Crippen LogP contribution in [0.3, 0.4) is 0 Å². The normalized spacial score (nSPS) is 23.7. The molecule has 1 aliphatic heterocycles. The summed E-state index contributed by atoms with van der Waals surface area (Å²) >= 11 is 0. The summed E-state index contributed by atoms with van der Waals surface area (Å²) in [6.07, 6.45) is 1.86. The average molecular weight is 415 g/mol. The lowest BCUT2D eigenvalue weighted by Gasteiger charge is -2.33. The van der Waals surface area contributed by atoms with Crippen LogP contribution in [0, 0.1) is 17.3 Å². The molecule has 1 aromatic rings. The van der Waals surface area contributed by atoms with Gasteiger partial charge in [0, 0.05) is 18.9 Å². The molecule has 4 atom stereocenters. The second kappa shape index (κ2) is 9.92. The molecule has 30 heavy (non-hydrogen) atoms. The number of hydrogen-bond acceptors (Lipinski definition) is 4. The molecule has 164 valence electrons. The van der Waals surface area contributed by atoms with Crippen molar-refractivity contribution in [3.05, 3.63) is 48.6 Å². The molecule has 1 aromatic carbocycles. The third-order valence-electron chi connectivity index (χ3n) is 5.36. The van der Waals surface area contributed by atoms with Crippen LogP contribution in [0.15, 0.2) is 43.0 Å². The van der Waals surface area contributed by atoms with E-state index in [0.717, 1.165) is 5.56 Å². The first kappa shape index (κ1) is 23.6. The van der Waals surface area contributed by atoms with Gasteiger partial charge in [0.15, 0.2) is 0 Å². The Kier molecular flexibility index (Phi) is 7.82. The average Bonchev–Trinajstić information content (AvgIpc) is 2.99. The highest BCUT2D eigenvalue weighted by molar-refractivity contribution is 5.91. The largest absolute Gasteiger partial charge is 0.466 e. The number of amides is 2. The van der Waals surface area contributed by atoms with Crippen LogP contribution >= 0.6 is 0 Å². The fraction of sp³-hybridized carbons (Fsp3) is 0.542. The van der Waals surface area contributed by atoms with E-state index in [9.17, 15) is 14.4 Å². The van der Waals surface area contributed by atoms with Crippen LogP contribution in [-0.2, 0) is 19.1 Å². The van der Waals surface area contributed by atoms with E-state index in [2.05, 4.69) is 11.9 Å². The van der Waals surface area contributed by atoms with Crippen LogP contribution in [0.1, 0.15) is 52.6 Å². The molecule has 0 aromatic heterocycles. The molecule has 2 amide bonds.